The summed E-state index contributed by atoms with van der Waals surface area (Å²) in [5.74, 6) is -5.09. The van der Waals surface area contributed by atoms with Gasteiger partial charge in [-0.3, -0.25) is 38.0 Å². The monoisotopic (exact) mass is 476 g/mol. The van der Waals surface area contributed by atoms with Crippen LogP contribution in [0.3, 0.4) is 0 Å². The van der Waals surface area contributed by atoms with E-state index >= 15 is 0 Å². The quantitative estimate of drug-likeness (QED) is 0.181. The predicted octanol–water partition coefficient (Wildman–Crippen LogP) is -4.40. The number of hydroxylamine groups is 4. The number of rotatable bonds is 9. The lowest BCUT2D eigenvalue weighted by molar-refractivity contribution is -0.212. The van der Waals surface area contributed by atoms with Gasteiger partial charge in [0.1, 0.15) is 25.4 Å². The van der Waals surface area contributed by atoms with Crippen LogP contribution >= 0.6 is 0 Å². The Morgan fingerprint density at radius 1 is 0.767 bits per heavy atom. The van der Waals surface area contributed by atoms with E-state index in [1.165, 1.54) is 0 Å². The standard InChI is InChI=1S/C12H16N2O14S2/c15-5(3-27-13-9(17)1-7(11(13)19)29(21,22)23)6(16)4-28-14-10(18)2-8(12(14)20)30(24,25)26/h5-8,15-16H,1-4H2,(H,21,22,23)(H,24,25,26). The summed E-state index contributed by atoms with van der Waals surface area (Å²) in [6, 6.07) is 0. The zero-order valence-corrected chi connectivity index (χ0v) is 16.4. The van der Waals surface area contributed by atoms with E-state index in [4.69, 9.17) is 9.11 Å². The van der Waals surface area contributed by atoms with Gasteiger partial charge in [0.15, 0.2) is 10.5 Å². The molecule has 2 aliphatic heterocycles. The van der Waals surface area contributed by atoms with Crippen molar-refractivity contribution in [3.63, 3.8) is 0 Å². The van der Waals surface area contributed by atoms with Crippen LogP contribution in [0.25, 0.3) is 0 Å². The van der Waals surface area contributed by atoms with Crippen LogP contribution in [-0.4, -0.2) is 106 Å². The van der Waals surface area contributed by atoms with Crippen LogP contribution < -0.4 is 0 Å². The third-order valence-electron chi connectivity index (χ3n) is 4.04. The Morgan fingerprint density at radius 2 is 1.07 bits per heavy atom. The maximum Gasteiger partial charge on any atom is 0.277 e. The molecule has 16 nitrogen and oxygen atoms in total. The molecule has 0 aromatic rings. The molecule has 4 unspecified atom stereocenters. The lowest BCUT2D eigenvalue weighted by Crippen LogP contribution is -2.42. The van der Waals surface area contributed by atoms with Crippen molar-refractivity contribution in [3.8, 4) is 0 Å². The molecule has 0 aromatic carbocycles. The number of nitrogens with zero attached hydrogens (tertiary/aromatic N) is 2. The van der Waals surface area contributed by atoms with E-state index in [9.17, 15) is 46.2 Å². The predicted molar refractivity (Wildman–Crippen MR) is 87.5 cm³/mol. The summed E-state index contributed by atoms with van der Waals surface area (Å²) >= 11 is 0. The van der Waals surface area contributed by atoms with Crippen LogP contribution in [0.5, 0.6) is 0 Å². The minimum Gasteiger partial charge on any atom is -0.388 e. The fraction of sp³-hybridized carbons (Fsp3) is 0.667. The maximum atomic E-state index is 11.7. The average molecular weight is 476 g/mol. The summed E-state index contributed by atoms with van der Waals surface area (Å²) in [5.41, 5.74) is 0. The number of aliphatic hydroxyl groups excluding tert-OH is 2. The lowest BCUT2D eigenvalue weighted by Gasteiger charge is -2.22. The molecule has 0 radical (unpaired) electrons. The Bertz CT molecular complexity index is 881. The molecule has 2 aliphatic rings. The number of hydrogen-bond donors (Lipinski definition) is 4. The van der Waals surface area contributed by atoms with Crippen LogP contribution in [-0.2, 0) is 49.1 Å². The summed E-state index contributed by atoms with van der Waals surface area (Å²) in [6.07, 6.45) is -5.57. The molecule has 2 rings (SSSR count). The molecule has 4 amide bonds. The topological polar surface area (TPSA) is 242 Å². The van der Waals surface area contributed by atoms with Gasteiger partial charge >= 0.3 is 0 Å². The number of carbonyl (C=O) groups excluding carboxylic acids is 4. The van der Waals surface area contributed by atoms with E-state index in [0.29, 0.717) is 0 Å². The van der Waals surface area contributed by atoms with E-state index in [0.717, 1.165) is 0 Å². The van der Waals surface area contributed by atoms with Crippen molar-refractivity contribution in [2.75, 3.05) is 13.2 Å². The van der Waals surface area contributed by atoms with E-state index in [-0.39, 0.29) is 10.1 Å². The van der Waals surface area contributed by atoms with Gasteiger partial charge in [0.25, 0.3) is 43.9 Å². The van der Waals surface area contributed by atoms with Gasteiger partial charge in [0.05, 0.1) is 12.8 Å². The first-order chi connectivity index (χ1) is 13.6. The van der Waals surface area contributed by atoms with Crippen LogP contribution in [0.2, 0.25) is 0 Å². The number of imide groups is 2. The molecular weight excluding hydrogens is 460 g/mol. The number of aliphatic hydroxyl groups is 2. The zero-order chi connectivity index (χ0) is 23.0. The Hall–Kier alpha value is -2.06. The Morgan fingerprint density at radius 3 is 1.30 bits per heavy atom. The van der Waals surface area contributed by atoms with E-state index in [1.807, 2.05) is 0 Å². The summed E-state index contributed by atoms with van der Waals surface area (Å²) in [6.45, 7) is -1.90. The molecule has 0 aliphatic carbocycles. The Kier molecular flexibility index (Phi) is 6.93. The van der Waals surface area contributed by atoms with Crippen molar-refractivity contribution in [2.24, 2.45) is 0 Å². The maximum absolute atomic E-state index is 11.7. The highest BCUT2D eigenvalue weighted by molar-refractivity contribution is 7.87. The minimum atomic E-state index is -4.87. The van der Waals surface area contributed by atoms with Gasteiger partial charge in [-0.15, -0.1) is 0 Å². The fourth-order valence-electron chi connectivity index (χ4n) is 2.43. The molecule has 2 fully saturated rings. The molecule has 2 heterocycles. The number of hydrogen-bond acceptors (Lipinski definition) is 12. The summed E-state index contributed by atoms with van der Waals surface area (Å²) in [5, 5.41) is 15.4. The second kappa shape index (κ2) is 8.59. The first-order valence-electron chi connectivity index (χ1n) is 7.92. The molecule has 30 heavy (non-hydrogen) atoms. The van der Waals surface area contributed by atoms with E-state index in [1.54, 1.807) is 0 Å². The smallest absolute Gasteiger partial charge is 0.277 e. The average Bonchev–Trinajstić information content (AvgIpc) is 3.06. The van der Waals surface area contributed by atoms with Gasteiger partial charge < -0.3 is 10.2 Å². The normalized spacial score (nSPS) is 25.3. The van der Waals surface area contributed by atoms with Crippen LogP contribution in [0.4, 0.5) is 0 Å². The van der Waals surface area contributed by atoms with Gasteiger partial charge in [-0.05, 0) is 0 Å². The Labute approximate surface area is 168 Å². The SMILES string of the molecule is O=C1CC(S(=O)(=O)O)C(=O)N1OCC(O)C(O)CON1C(=O)CC(S(=O)(=O)O)C1=O. The fourth-order valence-corrected chi connectivity index (χ4v) is 3.83. The molecule has 0 spiro atoms. The van der Waals surface area contributed by atoms with Gasteiger partial charge in [0.2, 0.25) is 0 Å². The first-order valence-corrected chi connectivity index (χ1v) is 10.9. The van der Waals surface area contributed by atoms with Crippen molar-refractivity contribution < 1.29 is 65.0 Å². The van der Waals surface area contributed by atoms with Crippen molar-refractivity contribution in [1.82, 2.24) is 10.1 Å². The number of carbonyl (C=O) groups is 4. The second-order valence-corrected chi connectivity index (χ2v) is 9.39. The molecule has 0 aromatic heterocycles. The lowest BCUT2D eigenvalue weighted by atomic mass is 10.2. The van der Waals surface area contributed by atoms with E-state index < -0.39 is 92.6 Å². The molecule has 4 N–H and O–H groups in total. The molecule has 4 atom stereocenters. The van der Waals surface area contributed by atoms with E-state index in [2.05, 4.69) is 9.68 Å². The van der Waals surface area contributed by atoms with Crippen LogP contribution in [0.1, 0.15) is 12.8 Å². The summed E-state index contributed by atoms with van der Waals surface area (Å²) in [4.78, 5) is 56.0. The number of amides is 4. The highest BCUT2D eigenvalue weighted by atomic mass is 32.2. The van der Waals surface area contributed by atoms with Gasteiger partial charge in [0, 0.05) is 0 Å². The molecule has 2 saturated heterocycles. The Balaban J connectivity index is 1.88. The molecular formula is C12H16N2O14S2. The van der Waals surface area contributed by atoms with Gasteiger partial charge in [-0.2, -0.15) is 27.0 Å². The highest BCUT2D eigenvalue weighted by Crippen LogP contribution is 2.21. The van der Waals surface area contributed by atoms with Crippen molar-refractivity contribution in [3.05, 3.63) is 0 Å². The first kappa shape index (κ1) is 24.2. The molecule has 0 saturated carbocycles. The third-order valence-corrected chi connectivity index (χ3v) is 6.21. The van der Waals surface area contributed by atoms with Crippen molar-refractivity contribution >= 4 is 43.9 Å². The largest absolute Gasteiger partial charge is 0.388 e. The second-order valence-electron chi connectivity index (χ2n) is 6.19. The van der Waals surface area contributed by atoms with Gasteiger partial charge in [-0.25, -0.2) is 0 Å². The highest BCUT2D eigenvalue weighted by Gasteiger charge is 2.48. The van der Waals surface area contributed by atoms with Gasteiger partial charge in [-0.1, -0.05) is 0 Å². The van der Waals surface area contributed by atoms with Crippen molar-refractivity contribution in [2.45, 2.75) is 35.5 Å². The van der Waals surface area contributed by atoms with Crippen LogP contribution in [0.15, 0.2) is 0 Å². The third kappa shape index (κ3) is 5.16. The summed E-state index contributed by atoms with van der Waals surface area (Å²) in [7, 11) is -9.74. The minimum absolute atomic E-state index is 0.0144. The van der Waals surface area contributed by atoms with Crippen molar-refractivity contribution in [1.29, 1.82) is 0 Å². The van der Waals surface area contributed by atoms with Crippen LogP contribution in [0, 0.1) is 0 Å². The molecule has 170 valence electrons. The zero-order valence-electron chi connectivity index (χ0n) is 14.7. The molecule has 18 heteroatoms. The molecule has 0 bridgehead atoms. The summed E-state index contributed by atoms with van der Waals surface area (Å²) < 4.78 is 61.8.